The number of aliphatic hydroxyl groups is 2. The van der Waals surface area contributed by atoms with Gasteiger partial charge in [0.2, 0.25) is 0 Å². The molecule has 0 spiro atoms. The minimum atomic E-state index is -0.882. The number of benzene rings is 2. The number of nitrogens with one attached hydrogen (secondary N) is 4. The number of ether oxygens (including phenoxy) is 2. The van der Waals surface area contributed by atoms with Crippen molar-refractivity contribution in [3.8, 4) is 0 Å². The van der Waals surface area contributed by atoms with Gasteiger partial charge in [0.15, 0.2) is 0 Å². The molecule has 2 saturated heterocycles. The van der Waals surface area contributed by atoms with Gasteiger partial charge in [0.1, 0.15) is 90.9 Å². The maximum atomic E-state index is 13.5. The lowest BCUT2D eigenvalue weighted by Crippen LogP contribution is -3.28. The quantitative estimate of drug-likeness (QED) is 0.115. The van der Waals surface area contributed by atoms with E-state index in [2.05, 4.69) is 48.6 Å². The lowest BCUT2D eigenvalue weighted by Gasteiger charge is -2.39. The third-order valence-corrected chi connectivity index (χ3v) is 12.2. The minimum absolute atomic E-state index is 0.0405. The van der Waals surface area contributed by atoms with Crippen LogP contribution in [0.5, 0.6) is 0 Å². The molecule has 10 heteroatoms. The van der Waals surface area contributed by atoms with Crippen LogP contribution in [0.1, 0.15) is 44.7 Å². The van der Waals surface area contributed by atoms with E-state index in [4.69, 9.17) is 9.47 Å². The van der Waals surface area contributed by atoms with Crippen LogP contribution < -0.4 is 19.6 Å². The van der Waals surface area contributed by atoms with E-state index in [0.717, 1.165) is 65.4 Å². The summed E-state index contributed by atoms with van der Waals surface area (Å²) in [6, 6.07) is 20.7. The van der Waals surface area contributed by atoms with Gasteiger partial charge in [0.05, 0.1) is 24.4 Å². The predicted octanol–water partition coefficient (Wildman–Crippen LogP) is -1.77. The van der Waals surface area contributed by atoms with E-state index in [1.807, 2.05) is 57.2 Å². The molecule has 5 rings (SSSR count). The number of rotatable bonds is 16. The first-order chi connectivity index (χ1) is 25.0. The van der Waals surface area contributed by atoms with Gasteiger partial charge in [-0.15, -0.1) is 0 Å². The molecule has 4 unspecified atom stereocenters. The average molecular weight is 721 g/mol. The Morgan fingerprint density at radius 3 is 1.58 bits per heavy atom. The Balaban J connectivity index is 0.966. The first-order valence-electron chi connectivity index (χ1n) is 19.5. The number of piperazine rings is 2. The summed E-state index contributed by atoms with van der Waals surface area (Å²) < 4.78 is 11.4. The second-order valence-corrected chi connectivity index (χ2v) is 16.1. The number of esters is 2. The van der Waals surface area contributed by atoms with Crippen LogP contribution in [0.3, 0.4) is 0 Å². The van der Waals surface area contributed by atoms with Gasteiger partial charge in [0.25, 0.3) is 0 Å². The molecule has 1 aliphatic carbocycles. The Bertz CT molecular complexity index is 1450. The van der Waals surface area contributed by atoms with Crippen molar-refractivity contribution in [2.45, 2.75) is 45.8 Å². The number of quaternary nitrogens is 4. The van der Waals surface area contributed by atoms with E-state index in [1.54, 1.807) is 0 Å². The maximum Gasteiger partial charge on any atom is 0.312 e. The topological polar surface area (TPSA) is 111 Å². The van der Waals surface area contributed by atoms with Crippen LogP contribution in [0.2, 0.25) is 0 Å². The Labute approximate surface area is 310 Å². The van der Waals surface area contributed by atoms with Gasteiger partial charge in [-0.3, -0.25) is 9.59 Å². The average Bonchev–Trinajstić information content (AvgIpc) is 3.40. The molecule has 2 heterocycles. The molecule has 2 aromatic carbocycles. The zero-order valence-electron chi connectivity index (χ0n) is 31.7. The summed E-state index contributed by atoms with van der Waals surface area (Å²) in [5.74, 6) is -1.21. The highest BCUT2D eigenvalue weighted by atomic mass is 16.5. The summed E-state index contributed by atoms with van der Waals surface area (Å²) in [7, 11) is 0. The molecule has 2 aromatic rings. The van der Waals surface area contributed by atoms with E-state index in [0.29, 0.717) is 25.9 Å². The molecule has 3 aliphatic rings. The van der Waals surface area contributed by atoms with Crippen LogP contribution in [0, 0.1) is 16.7 Å². The predicted molar refractivity (Wildman–Crippen MR) is 202 cm³/mol. The van der Waals surface area contributed by atoms with Crippen molar-refractivity contribution in [3.05, 3.63) is 83.9 Å². The SMILES string of the molecule is CC1(C(=O)OCC(O)C[NH+]2CC[NH+](CC=Cc3ccccc3)CC2)CCC(C(=O)OCC(O)C[NH+]2CC[NH+](CC=Cc3ccccc3)CC2)C1(C)C. The van der Waals surface area contributed by atoms with Crippen molar-refractivity contribution in [1.82, 2.24) is 0 Å². The van der Waals surface area contributed by atoms with Crippen molar-refractivity contribution in [3.63, 3.8) is 0 Å². The summed E-state index contributed by atoms with van der Waals surface area (Å²) in [5.41, 5.74) is 0.846. The standard InChI is InChI=1S/C42H60N4O6/c1-41(2)38(39(49)51-32-36(47)30-45-26-22-43(23-27-45)20-10-16-34-12-6-4-7-13-34)18-19-42(41,3)40(50)52-33-37(48)31-46-28-24-44(25-29-46)21-11-17-35-14-8-5-9-15-35/h4-17,36-38,47-48H,18-33H2,1-3H3/p+4. The first-order valence-corrected chi connectivity index (χ1v) is 19.5. The van der Waals surface area contributed by atoms with Gasteiger partial charge in [-0.05, 0) is 48.5 Å². The van der Waals surface area contributed by atoms with Gasteiger partial charge in [-0.1, -0.05) is 86.7 Å². The summed E-state index contributed by atoms with van der Waals surface area (Å²) in [4.78, 5) is 32.5. The summed E-state index contributed by atoms with van der Waals surface area (Å²) in [5, 5.41) is 21.5. The fourth-order valence-corrected chi connectivity index (χ4v) is 8.25. The Morgan fingerprint density at radius 2 is 1.12 bits per heavy atom. The highest BCUT2D eigenvalue weighted by Gasteiger charge is 2.59. The highest BCUT2D eigenvalue weighted by Crippen LogP contribution is 2.56. The molecule has 10 nitrogen and oxygen atoms in total. The Kier molecular flexibility index (Phi) is 14.6. The van der Waals surface area contributed by atoms with Crippen molar-refractivity contribution >= 4 is 24.1 Å². The number of hydrogen-bond donors (Lipinski definition) is 6. The molecule has 0 aromatic heterocycles. The van der Waals surface area contributed by atoms with Crippen molar-refractivity contribution in [2.75, 3.05) is 91.8 Å². The molecule has 0 radical (unpaired) electrons. The third kappa shape index (κ3) is 11.1. The molecule has 6 N–H and O–H groups in total. The van der Waals surface area contributed by atoms with Crippen LogP contribution in [0.15, 0.2) is 72.8 Å². The molecular formula is C42H64N4O6+4. The molecule has 0 bridgehead atoms. The molecule has 2 aliphatic heterocycles. The van der Waals surface area contributed by atoms with Crippen molar-refractivity contribution < 1.29 is 48.9 Å². The highest BCUT2D eigenvalue weighted by molar-refractivity contribution is 5.82. The largest absolute Gasteiger partial charge is 0.462 e. The molecule has 52 heavy (non-hydrogen) atoms. The molecule has 284 valence electrons. The summed E-state index contributed by atoms with van der Waals surface area (Å²) in [6.45, 7) is 16.7. The number of carbonyl (C=O) groups is 2. The van der Waals surface area contributed by atoms with E-state index in [9.17, 15) is 19.8 Å². The van der Waals surface area contributed by atoms with Gasteiger partial charge in [-0.25, -0.2) is 0 Å². The van der Waals surface area contributed by atoms with Gasteiger partial charge in [-0.2, -0.15) is 0 Å². The molecular weight excluding hydrogens is 656 g/mol. The second kappa shape index (κ2) is 19.1. The van der Waals surface area contributed by atoms with Crippen LogP contribution >= 0.6 is 0 Å². The Hall–Kier alpha value is -3.38. The van der Waals surface area contributed by atoms with E-state index < -0.39 is 29.0 Å². The number of carbonyl (C=O) groups excluding carboxylic acids is 2. The lowest BCUT2D eigenvalue weighted by atomic mass is 9.65. The molecule has 3 fully saturated rings. The van der Waals surface area contributed by atoms with Gasteiger partial charge in [0, 0.05) is 0 Å². The van der Waals surface area contributed by atoms with Crippen LogP contribution in [-0.4, -0.2) is 126 Å². The van der Waals surface area contributed by atoms with Crippen molar-refractivity contribution in [1.29, 1.82) is 0 Å². The second-order valence-electron chi connectivity index (χ2n) is 16.1. The van der Waals surface area contributed by atoms with Gasteiger partial charge < -0.3 is 39.3 Å². The van der Waals surface area contributed by atoms with Crippen molar-refractivity contribution in [2.24, 2.45) is 16.7 Å². The Morgan fingerprint density at radius 1 is 0.692 bits per heavy atom. The fraction of sp³-hybridized carbons (Fsp3) is 0.571. The normalized spacial score (nSPS) is 28.8. The minimum Gasteiger partial charge on any atom is -0.462 e. The van der Waals surface area contributed by atoms with E-state index in [-0.39, 0.29) is 25.2 Å². The van der Waals surface area contributed by atoms with E-state index in [1.165, 1.54) is 30.7 Å². The zero-order valence-corrected chi connectivity index (χ0v) is 31.7. The smallest absolute Gasteiger partial charge is 0.312 e. The van der Waals surface area contributed by atoms with Crippen LogP contribution in [0.25, 0.3) is 12.2 Å². The summed E-state index contributed by atoms with van der Waals surface area (Å²) in [6.07, 6.45) is 8.36. The van der Waals surface area contributed by atoms with Crippen LogP contribution in [-0.2, 0) is 19.1 Å². The van der Waals surface area contributed by atoms with Gasteiger partial charge >= 0.3 is 11.9 Å². The number of aliphatic hydroxyl groups excluding tert-OH is 2. The number of hydrogen-bond acceptors (Lipinski definition) is 6. The molecule has 0 amide bonds. The van der Waals surface area contributed by atoms with Crippen LogP contribution in [0.4, 0.5) is 0 Å². The fourth-order valence-electron chi connectivity index (χ4n) is 8.25. The maximum absolute atomic E-state index is 13.5. The monoisotopic (exact) mass is 720 g/mol. The lowest BCUT2D eigenvalue weighted by molar-refractivity contribution is -1.01. The third-order valence-electron chi connectivity index (χ3n) is 12.2. The molecule has 4 atom stereocenters. The summed E-state index contributed by atoms with van der Waals surface area (Å²) >= 11 is 0. The molecule has 1 saturated carbocycles. The zero-order chi connectivity index (χ0) is 37.0. The first kappa shape index (κ1) is 39.8. The van der Waals surface area contributed by atoms with E-state index >= 15 is 0 Å².